The molecule has 0 radical (unpaired) electrons. The average Bonchev–Trinajstić information content (AvgIpc) is 2.73. The Labute approximate surface area is 158 Å². The molecule has 2 heterocycles. The van der Waals surface area contributed by atoms with Gasteiger partial charge in [-0.3, -0.25) is 9.78 Å². The third-order valence-corrected chi connectivity index (χ3v) is 4.11. The SMILES string of the molecule is N#Cc1ccc(-c2cccc(COC(=O)CCCc3cccnc3)c2)cn1. The van der Waals surface area contributed by atoms with Gasteiger partial charge in [0.25, 0.3) is 0 Å². The van der Waals surface area contributed by atoms with Crippen LogP contribution in [0.25, 0.3) is 11.1 Å². The van der Waals surface area contributed by atoms with Gasteiger partial charge in [0.15, 0.2) is 0 Å². The third kappa shape index (κ3) is 5.48. The molecule has 27 heavy (non-hydrogen) atoms. The lowest BCUT2D eigenvalue weighted by Crippen LogP contribution is -2.05. The summed E-state index contributed by atoms with van der Waals surface area (Å²) in [5.41, 5.74) is 4.30. The molecular formula is C22H19N3O2. The maximum atomic E-state index is 12.0. The zero-order valence-electron chi connectivity index (χ0n) is 14.8. The quantitative estimate of drug-likeness (QED) is 0.596. The highest BCUT2D eigenvalue weighted by Gasteiger charge is 2.06. The molecule has 0 atom stereocenters. The second kappa shape index (κ2) is 9.25. The number of aromatic nitrogens is 2. The van der Waals surface area contributed by atoms with Crippen molar-refractivity contribution >= 4 is 5.97 Å². The Bertz CT molecular complexity index is 932. The van der Waals surface area contributed by atoms with E-state index in [1.165, 1.54) is 0 Å². The van der Waals surface area contributed by atoms with Gasteiger partial charge in [0.2, 0.25) is 0 Å². The predicted octanol–water partition coefficient (Wildman–Crippen LogP) is 4.08. The lowest BCUT2D eigenvalue weighted by molar-refractivity contribution is -0.145. The molecule has 3 aromatic rings. The van der Waals surface area contributed by atoms with E-state index >= 15 is 0 Å². The fourth-order valence-electron chi connectivity index (χ4n) is 2.69. The summed E-state index contributed by atoms with van der Waals surface area (Å²) in [7, 11) is 0. The Morgan fingerprint density at radius 1 is 1.04 bits per heavy atom. The van der Waals surface area contributed by atoms with Crippen molar-refractivity contribution in [3.63, 3.8) is 0 Å². The number of carbonyl (C=O) groups excluding carboxylic acids is 1. The summed E-state index contributed by atoms with van der Waals surface area (Å²) in [5.74, 6) is -0.204. The summed E-state index contributed by atoms with van der Waals surface area (Å²) in [4.78, 5) is 20.1. The summed E-state index contributed by atoms with van der Waals surface area (Å²) >= 11 is 0. The van der Waals surface area contributed by atoms with Crippen LogP contribution >= 0.6 is 0 Å². The molecule has 5 heteroatoms. The first-order valence-corrected chi connectivity index (χ1v) is 8.74. The molecule has 0 aliphatic rings. The largest absolute Gasteiger partial charge is 0.461 e. The zero-order valence-corrected chi connectivity index (χ0v) is 14.8. The van der Waals surface area contributed by atoms with Crippen molar-refractivity contribution in [3.8, 4) is 17.2 Å². The fraction of sp³-hybridized carbons (Fsp3) is 0.182. The van der Waals surface area contributed by atoms with Gasteiger partial charge < -0.3 is 4.74 Å². The van der Waals surface area contributed by atoms with E-state index in [2.05, 4.69) is 9.97 Å². The van der Waals surface area contributed by atoms with Gasteiger partial charge in [-0.2, -0.15) is 5.26 Å². The molecule has 3 rings (SSSR count). The number of pyridine rings is 2. The van der Waals surface area contributed by atoms with Crippen LogP contribution in [0, 0.1) is 11.3 Å². The maximum Gasteiger partial charge on any atom is 0.306 e. The smallest absolute Gasteiger partial charge is 0.306 e. The number of rotatable bonds is 7. The molecule has 0 N–H and O–H groups in total. The number of hydrogen-bond acceptors (Lipinski definition) is 5. The van der Waals surface area contributed by atoms with E-state index in [0.29, 0.717) is 12.1 Å². The standard InChI is InChI=1S/C22H19N3O2/c23-13-21-10-9-20(15-25-21)19-7-1-5-18(12-19)16-27-22(26)8-2-4-17-6-3-11-24-14-17/h1,3,5-7,9-12,14-15H,2,4,8,16H2. The van der Waals surface area contributed by atoms with E-state index in [1.54, 1.807) is 18.5 Å². The van der Waals surface area contributed by atoms with E-state index in [0.717, 1.165) is 35.1 Å². The van der Waals surface area contributed by atoms with Crippen molar-refractivity contribution in [2.24, 2.45) is 0 Å². The molecule has 0 aliphatic carbocycles. The van der Waals surface area contributed by atoms with Crippen molar-refractivity contribution in [1.29, 1.82) is 5.26 Å². The number of hydrogen-bond donors (Lipinski definition) is 0. The van der Waals surface area contributed by atoms with Crippen LogP contribution in [0.5, 0.6) is 0 Å². The molecule has 0 unspecified atom stereocenters. The fourth-order valence-corrected chi connectivity index (χ4v) is 2.69. The molecule has 0 bridgehead atoms. The Morgan fingerprint density at radius 2 is 1.93 bits per heavy atom. The normalized spacial score (nSPS) is 10.2. The van der Waals surface area contributed by atoms with Gasteiger partial charge in [-0.1, -0.05) is 24.3 Å². The van der Waals surface area contributed by atoms with Crippen molar-refractivity contribution in [2.45, 2.75) is 25.9 Å². The molecule has 5 nitrogen and oxygen atoms in total. The Balaban J connectivity index is 1.50. The highest BCUT2D eigenvalue weighted by molar-refractivity contribution is 5.69. The van der Waals surface area contributed by atoms with Crippen LogP contribution < -0.4 is 0 Å². The van der Waals surface area contributed by atoms with Gasteiger partial charge in [0, 0.05) is 30.6 Å². The minimum atomic E-state index is -0.204. The van der Waals surface area contributed by atoms with E-state index in [9.17, 15) is 4.79 Å². The number of nitriles is 1. The molecule has 0 amide bonds. The monoisotopic (exact) mass is 357 g/mol. The zero-order chi connectivity index (χ0) is 18.9. The number of nitrogens with zero attached hydrogens (tertiary/aromatic N) is 3. The number of ether oxygens (including phenoxy) is 1. The number of esters is 1. The molecule has 0 saturated heterocycles. The van der Waals surface area contributed by atoms with Crippen LogP contribution in [0.15, 0.2) is 67.1 Å². The second-order valence-electron chi connectivity index (χ2n) is 6.12. The van der Waals surface area contributed by atoms with Gasteiger partial charge in [0.1, 0.15) is 18.4 Å². The van der Waals surface area contributed by atoms with Crippen LogP contribution in [-0.2, 0) is 22.6 Å². The first-order valence-electron chi connectivity index (χ1n) is 8.74. The van der Waals surface area contributed by atoms with Crippen molar-refractivity contribution < 1.29 is 9.53 Å². The summed E-state index contributed by atoms with van der Waals surface area (Å²) in [6.07, 6.45) is 7.15. The van der Waals surface area contributed by atoms with Gasteiger partial charge in [-0.15, -0.1) is 0 Å². The predicted molar refractivity (Wildman–Crippen MR) is 101 cm³/mol. The van der Waals surface area contributed by atoms with Crippen molar-refractivity contribution in [3.05, 3.63) is 83.9 Å². The topological polar surface area (TPSA) is 75.9 Å². The second-order valence-corrected chi connectivity index (χ2v) is 6.12. The Morgan fingerprint density at radius 3 is 2.67 bits per heavy atom. The van der Waals surface area contributed by atoms with Crippen LogP contribution in [0.1, 0.15) is 29.7 Å². The summed E-state index contributed by atoms with van der Waals surface area (Å²) in [5, 5.41) is 8.83. The van der Waals surface area contributed by atoms with E-state index in [4.69, 9.17) is 10.00 Å². The molecule has 0 aliphatic heterocycles. The number of benzene rings is 1. The first kappa shape index (κ1) is 18.3. The molecule has 0 saturated carbocycles. The lowest BCUT2D eigenvalue weighted by Gasteiger charge is -2.07. The maximum absolute atomic E-state index is 12.0. The van der Waals surface area contributed by atoms with Gasteiger partial charge in [-0.25, -0.2) is 4.98 Å². The minimum Gasteiger partial charge on any atom is -0.461 e. The third-order valence-electron chi connectivity index (χ3n) is 4.11. The van der Waals surface area contributed by atoms with Crippen LogP contribution in [-0.4, -0.2) is 15.9 Å². The lowest BCUT2D eigenvalue weighted by atomic mass is 10.0. The summed E-state index contributed by atoms with van der Waals surface area (Å²) in [6, 6.07) is 17.2. The Hall–Kier alpha value is -3.52. The van der Waals surface area contributed by atoms with Crippen LogP contribution in [0.3, 0.4) is 0 Å². The highest BCUT2D eigenvalue weighted by Crippen LogP contribution is 2.20. The number of aryl methyl sites for hydroxylation is 1. The summed E-state index contributed by atoms with van der Waals surface area (Å²) in [6.45, 7) is 0.239. The molecule has 1 aromatic carbocycles. The van der Waals surface area contributed by atoms with Gasteiger partial charge in [0.05, 0.1) is 0 Å². The van der Waals surface area contributed by atoms with Gasteiger partial charge in [-0.05, 0) is 53.8 Å². The average molecular weight is 357 g/mol. The molecule has 134 valence electrons. The molecule has 2 aromatic heterocycles. The Kier molecular flexibility index (Phi) is 6.26. The number of carbonyl (C=O) groups is 1. The minimum absolute atomic E-state index is 0.204. The van der Waals surface area contributed by atoms with Crippen LogP contribution in [0.2, 0.25) is 0 Å². The van der Waals surface area contributed by atoms with E-state index < -0.39 is 0 Å². The molecular weight excluding hydrogens is 338 g/mol. The molecule has 0 spiro atoms. The van der Waals surface area contributed by atoms with Crippen molar-refractivity contribution in [2.75, 3.05) is 0 Å². The van der Waals surface area contributed by atoms with E-state index in [1.807, 2.05) is 54.7 Å². The summed E-state index contributed by atoms with van der Waals surface area (Å²) < 4.78 is 5.38. The van der Waals surface area contributed by atoms with Crippen LogP contribution in [0.4, 0.5) is 0 Å². The first-order chi connectivity index (χ1) is 13.2. The van der Waals surface area contributed by atoms with Gasteiger partial charge >= 0.3 is 5.97 Å². The highest BCUT2D eigenvalue weighted by atomic mass is 16.5. The van der Waals surface area contributed by atoms with Crippen molar-refractivity contribution in [1.82, 2.24) is 9.97 Å². The molecule has 0 fully saturated rings. The van der Waals surface area contributed by atoms with E-state index in [-0.39, 0.29) is 12.6 Å².